The van der Waals surface area contributed by atoms with E-state index in [1.807, 2.05) is 0 Å². The molecule has 0 radical (unpaired) electrons. The lowest BCUT2D eigenvalue weighted by molar-refractivity contribution is 0.102. The largest absolute Gasteiger partial charge is 0.296 e. The van der Waals surface area contributed by atoms with Crippen LogP contribution in [0.25, 0.3) is 0 Å². The first kappa shape index (κ1) is 18.8. The Morgan fingerprint density at radius 3 is 2.42 bits per heavy atom. The third-order valence-electron chi connectivity index (χ3n) is 3.30. The van der Waals surface area contributed by atoms with Gasteiger partial charge in [0.15, 0.2) is 0 Å². The third kappa shape index (κ3) is 4.39. The van der Waals surface area contributed by atoms with Gasteiger partial charge in [0.2, 0.25) is 19.3 Å². The SMILES string of the molecule is O=C(Nc1nnc(S(=O)(=O)Cc2ccccc2Cl)s1)c1ccc(Cl)cc1. The van der Waals surface area contributed by atoms with Crippen LogP contribution in [0.2, 0.25) is 10.0 Å². The Balaban J connectivity index is 1.75. The summed E-state index contributed by atoms with van der Waals surface area (Å²) in [6, 6.07) is 12.9. The quantitative estimate of drug-likeness (QED) is 0.619. The fraction of sp³-hybridized carbons (Fsp3) is 0.0625. The van der Waals surface area contributed by atoms with E-state index in [1.54, 1.807) is 48.5 Å². The highest BCUT2D eigenvalue weighted by Gasteiger charge is 2.23. The molecule has 10 heteroatoms. The van der Waals surface area contributed by atoms with Crippen LogP contribution in [0.15, 0.2) is 52.9 Å². The number of nitrogens with zero attached hydrogens (tertiary/aromatic N) is 2. The molecule has 0 spiro atoms. The molecular weight excluding hydrogens is 417 g/mol. The van der Waals surface area contributed by atoms with Crippen molar-refractivity contribution in [3.8, 4) is 0 Å². The molecule has 3 aromatic rings. The fourth-order valence-corrected chi connectivity index (χ4v) is 4.79. The number of carbonyl (C=O) groups is 1. The number of halogens is 2. The molecule has 0 saturated carbocycles. The second-order valence-corrected chi connectivity index (χ2v) is 9.17. The molecule has 0 atom stereocenters. The summed E-state index contributed by atoms with van der Waals surface area (Å²) < 4.78 is 24.8. The first-order valence-electron chi connectivity index (χ1n) is 7.22. The number of anilines is 1. The molecule has 1 aromatic heterocycles. The van der Waals surface area contributed by atoms with E-state index in [9.17, 15) is 13.2 Å². The molecule has 0 bridgehead atoms. The molecule has 1 amide bonds. The van der Waals surface area contributed by atoms with Crippen molar-refractivity contribution < 1.29 is 13.2 Å². The van der Waals surface area contributed by atoms with E-state index in [4.69, 9.17) is 23.2 Å². The summed E-state index contributed by atoms with van der Waals surface area (Å²) >= 11 is 12.6. The number of nitrogens with one attached hydrogen (secondary N) is 1. The number of sulfone groups is 1. The van der Waals surface area contributed by atoms with Gasteiger partial charge in [0.25, 0.3) is 5.91 Å². The molecule has 0 aliphatic carbocycles. The van der Waals surface area contributed by atoms with Crippen molar-refractivity contribution in [3.63, 3.8) is 0 Å². The molecule has 134 valence electrons. The van der Waals surface area contributed by atoms with Crippen molar-refractivity contribution in [3.05, 3.63) is 69.7 Å². The summed E-state index contributed by atoms with van der Waals surface area (Å²) in [6.45, 7) is 0. The van der Waals surface area contributed by atoms with Crippen LogP contribution in [0.4, 0.5) is 5.13 Å². The van der Waals surface area contributed by atoms with E-state index in [0.29, 0.717) is 21.2 Å². The van der Waals surface area contributed by atoms with Gasteiger partial charge in [-0.15, -0.1) is 10.2 Å². The summed E-state index contributed by atoms with van der Waals surface area (Å²) in [5.74, 6) is -0.736. The van der Waals surface area contributed by atoms with Crippen LogP contribution in [0.5, 0.6) is 0 Å². The Labute approximate surface area is 163 Å². The van der Waals surface area contributed by atoms with Crippen molar-refractivity contribution in [1.29, 1.82) is 0 Å². The van der Waals surface area contributed by atoms with Crippen LogP contribution in [0, 0.1) is 0 Å². The van der Waals surface area contributed by atoms with E-state index in [0.717, 1.165) is 11.3 Å². The molecular formula is C16H11Cl2N3O3S2. The molecule has 0 aliphatic rings. The molecule has 26 heavy (non-hydrogen) atoms. The number of amides is 1. The number of hydrogen-bond acceptors (Lipinski definition) is 6. The Kier molecular flexibility index (Phi) is 5.57. The maximum Gasteiger partial charge on any atom is 0.257 e. The van der Waals surface area contributed by atoms with E-state index < -0.39 is 15.7 Å². The Hall–Kier alpha value is -2.00. The third-order valence-corrected chi connectivity index (χ3v) is 6.87. The number of hydrogen-bond donors (Lipinski definition) is 1. The van der Waals surface area contributed by atoms with Crippen LogP contribution < -0.4 is 5.32 Å². The molecule has 0 fully saturated rings. The van der Waals surface area contributed by atoms with Crippen LogP contribution >= 0.6 is 34.5 Å². The molecule has 1 N–H and O–H groups in total. The lowest BCUT2D eigenvalue weighted by Crippen LogP contribution is -2.11. The number of rotatable bonds is 5. The summed E-state index contributed by atoms with van der Waals surface area (Å²) in [5.41, 5.74) is 0.834. The highest BCUT2D eigenvalue weighted by Crippen LogP contribution is 2.26. The molecule has 6 nitrogen and oxygen atoms in total. The zero-order valence-corrected chi connectivity index (χ0v) is 16.2. The molecule has 0 unspecified atom stereocenters. The Bertz CT molecular complexity index is 1050. The van der Waals surface area contributed by atoms with Gasteiger partial charge in [-0.1, -0.05) is 52.7 Å². The van der Waals surface area contributed by atoms with Gasteiger partial charge in [0, 0.05) is 15.6 Å². The first-order chi connectivity index (χ1) is 12.3. The van der Waals surface area contributed by atoms with E-state index in [-0.39, 0.29) is 15.2 Å². The zero-order valence-electron chi connectivity index (χ0n) is 13.0. The highest BCUT2D eigenvalue weighted by atomic mass is 35.5. The Morgan fingerprint density at radius 1 is 1.04 bits per heavy atom. The average molecular weight is 428 g/mol. The monoisotopic (exact) mass is 427 g/mol. The van der Waals surface area contributed by atoms with Gasteiger partial charge in [0.1, 0.15) is 0 Å². The minimum Gasteiger partial charge on any atom is -0.296 e. The summed E-state index contributed by atoms with van der Waals surface area (Å²) in [4.78, 5) is 12.1. The number of aromatic nitrogens is 2. The van der Waals surface area contributed by atoms with E-state index in [1.165, 1.54) is 0 Å². The van der Waals surface area contributed by atoms with Crippen molar-refractivity contribution in [1.82, 2.24) is 10.2 Å². The normalized spacial score (nSPS) is 11.3. The fourth-order valence-electron chi connectivity index (χ4n) is 2.04. The van der Waals surface area contributed by atoms with Crippen LogP contribution in [0.3, 0.4) is 0 Å². The lowest BCUT2D eigenvalue weighted by Gasteiger charge is -2.03. The van der Waals surface area contributed by atoms with Crippen LogP contribution in [-0.4, -0.2) is 24.5 Å². The van der Waals surface area contributed by atoms with Gasteiger partial charge in [-0.2, -0.15) is 0 Å². The predicted octanol–water partition coefficient (Wildman–Crippen LogP) is 4.07. The molecule has 1 heterocycles. The van der Waals surface area contributed by atoms with Crippen molar-refractivity contribution >= 4 is 55.4 Å². The number of benzene rings is 2. The van der Waals surface area contributed by atoms with Crippen LogP contribution in [-0.2, 0) is 15.6 Å². The van der Waals surface area contributed by atoms with E-state index in [2.05, 4.69) is 15.5 Å². The van der Waals surface area contributed by atoms with Gasteiger partial charge in [0.05, 0.1) is 5.75 Å². The maximum absolute atomic E-state index is 12.5. The molecule has 3 rings (SSSR count). The van der Waals surface area contributed by atoms with Gasteiger partial charge in [-0.05, 0) is 35.9 Å². The maximum atomic E-state index is 12.5. The smallest absolute Gasteiger partial charge is 0.257 e. The van der Waals surface area contributed by atoms with Gasteiger partial charge in [-0.25, -0.2) is 8.42 Å². The average Bonchev–Trinajstić information content (AvgIpc) is 3.07. The molecule has 0 aliphatic heterocycles. The lowest BCUT2D eigenvalue weighted by atomic mass is 10.2. The topological polar surface area (TPSA) is 89.0 Å². The zero-order chi connectivity index (χ0) is 18.7. The van der Waals surface area contributed by atoms with Gasteiger partial charge >= 0.3 is 0 Å². The van der Waals surface area contributed by atoms with Gasteiger partial charge in [-0.3, -0.25) is 10.1 Å². The standard InChI is InChI=1S/C16H11Cl2N3O3S2/c17-12-7-5-10(6-8-12)14(22)19-15-20-21-16(25-15)26(23,24)9-11-3-1-2-4-13(11)18/h1-8H,9H2,(H,19,20,22). The van der Waals surface area contributed by atoms with Crippen molar-refractivity contribution in [2.24, 2.45) is 0 Å². The second-order valence-electron chi connectivity index (χ2n) is 5.18. The second kappa shape index (κ2) is 7.71. The summed E-state index contributed by atoms with van der Waals surface area (Å²) in [7, 11) is -3.73. The predicted molar refractivity (Wildman–Crippen MR) is 102 cm³/mol. The molecule has 2 aromatic carbocycles. The first-order valence-corrected chi connectivity index (χ1v) is 10.4. The Morgan fingerprint density at radius 2 is 1.73 bits per heavy atom. The van der Waals surface area contributed by atoms with Crippen molar-refractivity contribution in [2.45, 2.75) is 10.1 Å². The van der Waals surface area contributed by atoms with Crippen molar-refractivity contribution in [2.75, 3.05) is 5.32 Å². The molecule has 0 saturated heterocycles. The highest BCUT2D eigenvalue weighted by molar-refractivity contribution is 7.92. The van der Waals surface area contributed by atoms with E-state index >= 15 is 0 Å². The number of carbonyl (C=O) groups excluding carboxylic acids is 1. The van der Waals surface area contributed by atoms with Crippen LogP contribution in [0.1, 0.15) is 15.9 Å². The van der Waals surface area contributed by atoms with Gasteiger partial charge < -0.3 is 0 Å². The summed E-state index contributed by atoms with van der Waals surface area (Å²) in [6.07, 6.45) is 0. The minimum absolute atomic E-state index is 0.0858. The minimum atomic E-state index is -3.73. The summed E-state index contributed by atoms with van der Waals surface area (Å²) in [5, 5.41) is 10.9.